The molecule has 0 unspecified atom stereocenters. The third-order valence-corrected chi connectivity index (χ3v) is 4.02. The lowest BCUT2D eigenvalue weighted by Gasteiger charge is -2.25. The molecule has 1 aliphatic heterocycles. The van der Waals surface area contributed by atoms with Crippen molar-refractivity contribution in [2.75, 3.05) is 13.6 Å². The van der Waals surface area contributed by atoms with Crippen molar-refractivity contribution in [2.45, 2.75) is 18.4 Å². The predicted octanol–water partition coefficient (Wildman–Crippen LogP) is 3.85. The van der Waals surface area contributed by atoms with Gasteiger partial charge in [0.1, 0.15) is 0 Å². The van der Waals surface area contributed by atoms with Crippen LogP contribution in [-0.4, -0.2) is 18.5 Å². The zero-order valence-corrected chi connectivity index (χ0v) is 10.8. The maximum absolute atomic E-state index is 2.48. The highest BCUT2D eigenvalue weighted by Gasteiger charge is 2.33. The summed E-state index contributed by atoms with van der Waals surface area (Å²) in [5, 5.41) is 0. The first-order chi connectivity index (χ1) is 8.86. The normalized spacial score (nSPS) is 24.3. The van der Waals surface area contributed by atoms with Crippen LogP contribution in [0.1, 0.15) is 29.5 Å². The molecule has 0 amide bonds. The zero-order chi connectivity index (χ0) is 12.4. The molecule has 0 bridgehead atoms. The molecule has 0 saturated carbocycles. The van der Waals surface area contributed by atoms with Gasteiger partial charge < -0.3 is 0 Å². The van der Waals surface area contributed by atoms with Crippen LogP contribution in [0.4, 0.5) is 0 Å². The van der Waals surface area contributed by atoms with Crippen molar-refractivity contribution >= 4 is 0 Å². The Labute approximate surface area is 109 Å². The van der Waals surface area contributed by atoms with Gasteiger partial charge in [-0.3, -0.25) is 4.90 Å². The maximum Gasteiger partial charge on any atom is 0.0414 e. The van der Waals surface area contributed by atoms with E-state index in [-0.39, 0.29) is 0 Å². The van der Waals surface area contributed by atoms with Crippen LogP contribution < -0.4 is 0 Å². The molecule has 0 radical (unpaired) electrons. The van der Waals surface area contributed by atoms with E-state index < -0.39 is 0 Å². The van der Waals surface area contributed by atoms with Crippen LogP contribution in [0.5, 0.6) is 0 Å². The smallest absolute Gasteiger partial charge is 0.0414 e. The van der Waals surface area contributed by atoms with Crippen LogP contribution >= 0.6 is 0 Å². The molecule has 0 N–H and O–H groups in total. The van der Waals surface area contributed by atoms with Gasteiger partial charge in [-0.2, -0.15) is 0 Å². The van der Waals surface area contributed by atoms with Gasteiger partial charge in [0.2, 0.25) is 0 Å². The zero-order valence-electron chi connectivity index (χ0n) is 10.8. The van der Waals surface area contributed by atoms with Crippen molar-refractivity contribution in [1.29, 1.82) is 0 Å². The van der Waals surface area contributed by atoms with Gasteiger partial charge in [0, 0.05) is 12.0 Å². The summed E-state index contributed by atoms with van der Waals surface area (Å²) < 4.78 is 0. The quantitative estimate of drug-likeness (QED) is 0.767. The van der Waals surface area contributed by atoms with Gasteiger partial charge in [-0.05, 0) is 31.1 Å². The van der Waals surface area contributed by atoms with Crippen molar-refractivity contribution in [3.05, 3.63) is 71.8 Å². The highest BCUT2D eigenvalue weighted by molar-refractivity contribution is 5.29. The Balaban J connectivity index is 1.96. The number of hydrogen-bond acceptors (Lipinski definition) is 1. The van der Waals surface area contributed by atoms with Crippen molar-refractivity contribution in [3.8, 4) is 0 Å². The molecule has 0 spiro atoms. The van der Waals surface area contributed by atoms with Crippen LogP contribution in [0.3, 0.4) is 0 Å². The second-order valence-corrected chi connectivity index (χ2v) is 5.14. The number of likely N-dealkylation sites (tertiary alicyclic amines) is 1. The second kappa shape index (κ2) is 4.95. The van der Waals surface area contributed by atoms with E-state index in [4.69, 9.17) is 0 Å². The second-order valence-electron chi connectivity index (χ2n) is 5.14. The fourth-order valence-corrected chi connectivity index (χ4v) is 3.13. The Morgan fingerprint density at radius 1 is 0.833 bits per heavy atom. The van der Waals surface area contributed by atoms with Gasteiger partial charge in [0.15, 0.2) is 0 Å². The van der Waals surface area contributed by atoms with Crippen molar-refractivity contribution in [3.63, 3.8) is 0 Å². The first-order valence-corrected chi connectivity index (χ1v) is 6.66. The van der Waals surface area contributed by atoms with Gasteiger partial charge >= 0.3 is 0 Å². The molecule has 1 heterocycles. The predicted molar refractivity (Wildman–Crippen MR) is 75.6 cm³/mol. The molecule has 1 nitrogen and oxygen atoms in total. The summed E-state index contributed by atoms with van der Waals surface area (Å²) in [6.45, 7) is 1.18. The van der Waals surface area contributed by atoms with E-state index in [1.165, 1.54) is 24.1 Å². The molecule has 2 aromatic rings. The fraction of sp³-hybridized carbons (Fsp3) is 0.294. The van der Waals surface area contributed by atoms with Crippen molar-refractivity contribution in [2.24, 2.45) is 0 Å². The molecule has 92 valence electrons. The lowest BCUT2D eigenvalue weighted by Crippen LogP contribution is -2.20. The number of benzene rings is 2. The van der Waals surface area contributed by atoms with E-state index in [1.54, 1.807) is 0 Å². The third-order valence-electron chi connectivity index (χ3n) is 4.02. The van der Waals surface area contributed by atoms with E-state index >= 15 is 0 Å². The molecule has 1 aliphatic rings. The first-order valence-electron chi connectivity index (χ1n) is 6.66. The number of hydrogen-bond donors (Lipinski definition) is 0. The van der Waals surface area contributed by atoms with Gasteiger partial charge in [-0.1, -0.05) is 60.7 Å². The Morgan fingerprint density at radius 3 is 2.00 bits per heavy atom. The lowest BCUT2D eigenvalue weighted by molar-refractivity contribution is 0.304. The summed E-state index contributed by atoms with van der Waals surface area (Å²) in [6.07, 6.45) is 1.25. The average Bonchev–Trinajstić information content (AvgIpc) is 2.83. The molecule has 1 heteroatoms. The van der Waals surface area contributed by atoms with Crippen LogP contribution in [0.2, 0.25) is 0 Å². The average molecular weight is 237 g/mol. The van der Waals surface area contributed by atoms with E-state index in [0.29, 0.717) is 12.0 Å². The van der Waals surface area contributed by atoms with Crippen LogP contribution in [0.25, 0.3) is 0 Å². The monoisotopic (exact) mass is 237 g/mol. The molecular weight excluding hydrogens is 218 g/mol. The van der Waals surface area contributed by atoms with Gasteiger partial charge in [0.25, 0.3) is 0 Å². The first kappa shape index (κ1) is 11.5. The molecule has 0 aliphatic carbocycles. The highest BCUT2D eigenvalue weighted by Crippen LogP contribution is 2.42. The molecule has 1 fully saturated rings. The number of nitrogens with zero attached hydrogens (tertiary/aromatic N) is 1. The van der Waals surface area contributed by atoms with Gasteiger partial charge in [-0.15, -0.1) is 0 Å². The van der Waals surface area contributed by atoms with Crippen LogP contribution in [0.15, 0.2) is 60.7 Å². The number of likely N-dealkylation sites (N-methyl/N-ethyl adjacent to an activating group) is 1. The van der Waals surface area contributed by atoms with Crippen molar-refractivity contribution in [1.82, 2.24) is 4.90 Å². The fourth-order valence-electron chi connectivity index (χ4n) is 3.13. The van der Waals surface area contributed by atoms with E-state index in [0.717, 1.165) is 0 Å². The summed E-state index contributed by atoms with van der Waals surface area (Å²) >= 11 is 0. The highest BCUT2D eigenvalue weighted by atomic mass is 15.2. The Morgan fingerprint density at radius 2 is 1.39 bits per heavy atom. The number of rotatable bonds is 2. The molecule has 2 atom stereocenters. The molecule has 18 heavy (non-hydrogen) atoms. The van der Waals surface area contributed by atoms with Crippen molar-refractivity contribution < 1.29 is 0 Å². The molecule has 1 saturated heterocycles. The lowest BCUT2D eigenvalue weighted by atomic mass is 9.88. The van der Waals surface area contributed by atoms with Crippen LogP contribution in [0, 0.1) is 0 Å². The molecule has 3 rings (SSSR count). The summed E-state index contributed by atoms with van der Waals surface area (Å²) in [5.41, 5.74) is 2.90. The summed E-state index contributed by atoms with van der Waals surface area (Å²) in [6, 6.07) is 22.3. The minimum Gasteiger partial charge on any atom is -0.299 e. The third kappa shape index (κ3) is 2.06. The van der Waals surface area contributed by atoms with E-state index in [1.807, 2.05) is 0 Å². The van der Waals surface area contributed by atoms with Crippen LogP contribution in [-0.2, 0) is 0 Å². The largest absolute Gasteiger partial charge is 0.299 e. The minimum absolute atomic E-state index is 0.522. The summed E-state index contributed by atoms with van der Waals surface area (Å²) in [5.74, 6) is 0.624. The van der Waals surface area contributed by atoms with E-state index in [2.05, 4.69) is 72.6 Å². The topological polar surface area (TPSA) is 3.24 Å². The Hall–Kier alpha value is -1.60. The Bertz CT molecular complexity index is 492. The van der Waals surface area contributed by atoms with E-state index in [9.17, 15) is 0 Å². The standard InChI is InChI=1S/C17H19N/c1-18-13-12-16(14-8-4-2-5-9-14)17(18)15-10-6-3-7-11-15/h2-11,16-17H,12-13H2,1H3/t16-,17-/m0/s1. The minimum atomic E-state index is 0.522. The molecular formula is C17H19N. The summed E-state index contributed by atoms with van der Waals surface area (Å²) in [4.78, 5) is 2.48. The molecule has 0 aromatic heterocycles. The maximum atomic E-state index is 2.48. The SMILES string of the molecule is CN1CC[C@@H](c2ccccc2)[C@@H]1c1ccccc1. The summed E-state index contributed by atoms with van der Waals surface area (Å²) in [7, 11) is 2.24. The van der Waals surface area contributed by atoms with Gasteiger partial charge in [0.05, 0.1) is 0 Å². The molecule has 2 aromatic carbocycles. The Kier molecular flexibility index (Phi) is 3.16. The van der Waals surface area contributed by atoms with Gasteiger partial charge in [-0.25, -0.2) is 0 Å².